The van der Waals surface area contributed by atoms with E-state index >= 15 is 0 Å². The Morgan fingerprint density at radius 2 is 2.20 bits per heavy atom. The maximum atomic E-state index is 11.5. The van der Waals surface area contributed by atoms with Crippen LogP contribution in [-0.2, 0) is 4.79 Å². The number of hydrogen-bond donors (Lipinski definition) is 0. The van der Waals surface area contributed by atoms with E-state index in [9.17, 15) is 9.18 Å². The number of rotatable bonds is 3. The molecule has 0 heterocycles. The Kier molecular flexibility index (Phi) is 4.54. The van der Waals surface area contributed by atoms with Crippen LogP contribution in [0.4, 0.5) is 4.39 Å². The molecule has 0 aliphatic rings. The predicted molar refractivity (Wildman–Crippen MR) is 38.4 cm³/mol. The molecule has 0 fully saturated rings. The second-order valence-corrected chi connectivity index (χ2v) is 2.11. The van der Waals surface area contributed by atoms with Crippen LogP contribution in [0.15, 0.2) is 12.2 Å². The number of hydrogen-bond acceptors (Lipinski definition) is 1. The number of carbonyl (C=O) groups is 1. The highest BCUT2D eigenvalue weighted by Gasteiger charge is 1.94. The number of alkyl halides is 1. The molecule has 0 aromatic heterocycles. The molecule has 0 rings (SSSR count). The lowest BCUT2D eigenvalue weighted by atomic mass is 10.4. The Morgan fingerprint density at radius 3 is 2.60 bits per heavy atom. The van der Waals surface area contributed by atoms with Gasteiger partial charge in [-0.3, -0.25) is 9.18 Å². The van der Waals surface area contributed by atoms with Gasteiger partial charge in [-0.15, -0.1) is 0 Å². The first-order valence-electron chi connectivity index (χ1n) is 3.12. The molecule has 58 valence electrons. The quantitative estimate of drug-likeness (QED) is 0.542. The van der Waals surface area contributed by atoms with E-state index in [0.29, 0.717) is 6.42 Å². The highest BCUT2D eigenvalue weighted by atomic mass is 19.1. The Balaban J connectivity index is 3.56. The van der Waals surface area contributed by atoms with Crippen molar-refractivity contribution in [2.45, 2.75) is 6.42 Å². The summed E-state index contributed by atoms with van der Waals surface area (Å²) in [5.74, 6) is -0.103. The summed E-state index contributed by atoms with van der Waals surface area (Å²) in [6, 6.07) is 0. The molecule has 0 atom stereocenters. The third-order valence-corrected chi connectivity index (χ3v) is 0.977. The average Bonchev–Trinajstić information content (AvgIpc) is 1.88. The highest BCUT2D eigenvalue weighted by Crippen LogP contribution is 1.86. The van der Waals surface area contributed by atoms with Crippen molar-refractivity contribution in [1.82, 2.24) is 4.90 Å². The van der Waals surface area contributed by atoms with E-state index in [0.717, 1.165) is 0 Å². The zero-order valence-corrected chi connectivity index (χ0v) is 6.30. The van der Waals surface area contributed by atoms with Gasteiger partial charge in [-0.25, -0.2) is 0 Å². The van der Waals surface area contributed by atoms with Gasteiger partial charge in [0, 0.05) is 14.1 Å². The summed E-state index contributed by atoms with van der Waals surface area (Å²) >= 11 is 0. The number of carbonyl (C=O) groups excluding carboxylic acids is 1. The monoisotopic (exact) mass is 145 g/mol. The number of amides is 1. The number of nitrogens with zero attached hydrogens (tertiary/aromatic N) is 1. The van der Waals surface area contributed by atoms with Gasteiger partial charge in [-0.1, -0.05) is 6.08 Å². The minimum Gasteiger partial charge on any atom is -0.345 e. The van der Waals surface area contributed by atoms with E-state index in [1.807, 2.05) is 0 Å². The van der Waals surface area contributed by atoms with Gasteiger partial charge in [0.15, 0.2) is 0 Å². The first-order valence-corrected chi connectivity index (χ1v) is 3.12. The normalized spacial score (nSPS) is 10.3. The molecular formula is C7H12FNO. The third kappa shape index (κ3) is 4.06. The van der Waals surface area contributed by atoms with Gasteiger partial charge < -0.3 is 4.90 Å². The van der Waals surface area contributed by atoms with Crippen molar-refractivity contribution in [2.24, 2.45) is 0 Å². The molecule has 0 saturated heterocycles. The largest absolute Gasteiger partial charge is 0.345 e. The molecule has 0 radical (unpaired) electrons. The first kappa shape index (κ1) is 9.14. The van der Waals surface area contributed by atoms with E-state index in [4.69, 9.17) is 0 Å². The lowest BCUT2D eigenvalue weighted by Crippen LogP contribution is -2.18. The van der Waals surface area contributed by atoms with Gasteiger partial charge in [-0.05, 0) is 12.5 Å². The van der Waals surface area contributed by atoms with Crippen LogP contribution >= 0.6 is 0 Å². The molecule has 0 unspecified atom stereocenters. The average molecular weight is 145 g/mol. The topological polar surface area (TPSA) is 20.3 Å². The molecule has 0 N–H and O–H groups in total. The Morgan fingerprint density at radius 1 is 1.60 bits per heavy atom. The minimum absolute atomic E-state index is 0.103. The highest BCUT2D eigenvalue weighted by molar-refractivity contribution is 5.86. The molecule has 10 heavy (non-hydrogen) atoms. The molecular weight excluding hydrogens is 133 g/mol. The fourth-order valence-electron chi connectivity index (χ4n) is 0.396. The number of allylic oxidation sites excluding steroid dienone is 1. The van der Waals surface area contributed by atoms with Crippen LogP contribution in [0.2, 0.25) is 0 Å². The van der Waals surface area contributed by atoms with Crippen LogP contribution < -0.4 is 0 Å². The van der Waals surface area contributed by atoms with E-state index in [2.05, 4.69) is 0 Å². The molecule has 0 aliphatic carbocycles. The van der Waals surface area contributed by atoms with E-state index in [1.165, 1.54) is 17.1 Å². The van der Waals surface area contributed by atoms with Crippen LogP contribution in [0.25, 0.3) is 0 Å². The predicted octanol–water partition coefficient (Wildman–Crippen LogP) is 0.990. The molecule has 3 heteroatoms. The van der Waals surface area contributed by atoms with Crippen molar-refractivity contribution >= 4 is 5.91 Å². The first-order chi connectivity index (χ1) is 4.68. The zero-order valence-electron chi connectivity index (χ0n) is 6.30. The molecule has 0 bridgehead atoms. The Labute approximate surface area is 60.3 Å². The van der Waals surface area contributed by atoms with Crippen molar-refractivity contribution < 1.29 is 9.18 Å². The molecule has 0 saturated carbocycles. The summed E-state index contributed by atoms with van der Waals surface area (Å²) < 4.78 is 11.5. The van der Waals surface area contributed by atoms with Crippen molar-refractivity contribution in [3.8, 4) is 0 Å². The molecule has 0 spiro atoms. The van der Waals surface area contributed by atoms with Crippen molar-refractivity contribution in [2.75, 3.05) is 20.8 Å². The fourth-order valence-corrected chi connectivity index (χ4v) is 0.396. The van der Waals surface area contributed by atoms with E-state index < -0.39 is 6.67 Å². The van der Waals surface area contributed by atoms with Crippen molar-refractivity contribution in [1.29, 1.82) is 0 Å². The van der Waals surface area contributed by atoms with Gasteiger partial charge in [0.25, 0.3) is 0 Å². The van der Waals surface area contributed by atoms with Crippen LogP contribution in [0.5, 0.6) is 0 Å². The van der Waals surface area contributed by atoms with E-state index in [-0.39, 0.29) is 5.91 Å². The van der Waals surface area contributed by atoms with Crippen LogP contribution in [0.1, 0.15) is 6.42 Å². The van der Waals surface area contributed by atoms with Gasteiger partial charge in [0.1, 0.15) is 0 Å². The zero-order chi connectivity index (χ0) is 7.98. The van der Waals surface area contributed by atoms with Gasteiger partial charge >= 0.3 is 0 Å². The van der Waals surface area contributed by atoms with Gasteiger partial charge in [-0.2, -0.15) is 0 Å². The van der Waals surface area contributed by atoms with Crippen LogP contribution in [-0.4, -0.2) is 31.6 Å². The van der Waals surface area contributed by atoms with Crippen LogP contribution in [0.3, 0.4) is 0 Å². The summed E-state index contributed by atoms with van der Waals surface area (Å²) in [5.41, 5.74) is 0. The molecule has 2 nitrogen and oxygen atoms in total. The molecule has 1 amide bonds. The maximum Gasteiger partial charge on any atom is 0.245 e. The standard InChI is InChI=1S/C7H12FNO/c1-9(2)7(10)5-3-4-6-8/h3,5H,4,6H2,1-2H3. The second kappa shape index (κ2) is 4.97. The summed E-state index contributed by atoms with van der Waals surface area (Å²) in [5, 5.41) is 0. The summed E-state index contributed by atoms with van der Waals surface area (Å²) in [6.45, 7) is -0.406. The van der Waals surface area contributed by atoms with Gasteiger partial charge in [0.05, 0.1) is 6.67 Å². The van der Waals surface area contributed by atoms with Crippen molar-refractivity contribution in [3.63, 3.8) is 0 Å². The number of halogens is 1. The maximum absolute atomic E-state index is 11.5. The molecule has 0 aliphatic heterocycles. The third-order valence-electron chi connectivity index (χ3n) is 0.977. The SMILES string of the molecule is CN(C)C(=O)C=CCCF. The Hall–Kier alpha value is -0.860. The minimum atomic E-state index is -0.406. The lowest BCUT2D eigenvalue weighted by Gasteiger charge is -2.04. The summed E-state index contributed by atoms with van der Waals surface area (Å²) in [4.78, 5) is 12.2. The summed E-state index contributed by atoms with van der Waals surface area (Å²) in [6.07, 6.45) is 3.22. The number of likely N-dealkylation sites (N-methyl/N-ethyl adjacent to an activating group) is 1. The second-order valence-electron chi connectivity index (χ2n) is 2.11. The summed E-state index contributed by atoms with van der Waals surface area (Å²) in [7, 11) is 3.31. The van der Waals surface area contributed by atoms with E-state index in [1.54, 1.807) is 14.1 Å². The van der Waals surface area contributed by atoms with Crippen LogP contribution in [0, 0.1) is 0 Å². The van der Waals surface area contributed by atoms with Crippen molar-refractivity contribution in [3.05, 3.63) is 12.2 Å². The molecule has 0 aromatic carbocycles. The Bertz CT molecular complexity index is 132. The fraction of sp³-hybridized carbons (Fsp3) is 0.571. The molecule has 0 aromatic rings. The lowest BCUT2D eigenvalue weighted by molar-refractivity contribution is -0.123. The van der Waals surface area contributed by atoms with Gasteiger partial charge in [0.2, 0.25) is 5.91 Å². The smallest absolute Gasteiger partial charge is 0.245 e.